The lowest BCUT2D eigenvalue weighted by atomic mass is 10.1. The molecule has 39 heavy (non-hydrogen) atoms. The molecule has 0 bridgehead atoms. The van der Waals surface area contributed by atoms with E-state index in [4.69, 9.17) is 16.3 Å². The smallest absolute Gasteiger partial charge is 0.256 e. The molecule has 0 radical (unpaired) electrons. The molecule has 7 heteroatoms. The molecule has 0 saturated carbocycles. The molecule has 1 heterocycles. The Labute approximate surface area is 254 Å². The average molecular weight is 636 g/mol. The van der Waals surface area contributed by atoms with Crippen LogP contribution >= 0.6 is 22.9 Å². The van der Waals surface area contributed by atoms with E-state index in [9.17, 15) is 4.79 Å². The Hall–Kier alpha value is -1.89. The molecular weight excluding hydrogens is 592 g/mol. The normalized spacial score (nSPS) is 10.7. The highest BCUT2D eigenvalue weighted by atomic mass is 79.9. The van der Waals surface area contributed by atoms with Crippen LogP contribution in [-0.2, 0) is 6.54 Å². The van der Waals surface area contributed by atoms with Gasteiger partial charge in [0, 0.05) is 18.1 Å². The molecule has 2 aromatic carbocycles. The first-order valence-electron chi connectivity index (χ1n) is 14.3. The van der Waals surface area contributed by atoms with Crippen LogP contribution in [0.2, 0.25) is 5.02 Å². The van der Waals surface area contributed by atoms with Gasteiger partial charge in [-0.2, -0.15) is 4.57 Å². The summed E-state index contributed by atoms with van der Waals surface area (Å²) in [5, 5.41) is 5.66. The summed E-state index contributed by atoms with van der Waals surface area (Å²) in [7, 11) is 0. The molecule has 0 aliphatic carbocycles. The topological polar surface area (TPSA) is 42.2 Å². The molecule has 4 nitrogen and oxygen atoms in total. The minimum atomic E-state index is -0.161. The summed E-state index contributed by atoms with van der Waals surface area (Å²) in [4.78, 5) is 13.3. The molecule has 1 aromatic heterocycles. The van der Waals surface area contributed by atoms with Gasteiger partial charge in [-0.3, -0.25) is 4.79 Å². The van der Waals surface area contributed by atoms with Gasteiger partial charge in [-0.25, -0.2) is 0 Å². The van der Waals surface area contributed by atoms with Gasteiger partial charge in [-0.05, 0) is 24.6 Å². The van der Waals surface area contributed by atoms with Crippen LogP contribution in [-0.4, -0.2) is 12.5 Å². The van der Waals surface area contributed by atoms with E-state index in [0.29, 0.717) is 35.2 Å². The van der Waals surface area contributed by atoms with Gasteiger partial charge in [0.05, 0.1) is 22.7 Å². The molecule has 1 N–H and O–H groups in total. The van der Waals surface area contributed by atoms with Gasteiger partial charge < -0.3 is 27.0 Å². The first-order valence-corrected chi connectivity index (χ1v) is 15.6. The van der Waals surface area contributed by atoms with Crippen LogP contribution in [0.5, 0.6) is 5.75 Å². The van der Waals surface area contributed by atoms with Crippen LogP contribution in [0.1, 0.15) is 106 Å². The second-order valence-corrected chi connectivity index (χ2v) is 11.2. The SMILES string of the molecule is CCCCCCCCCCCCCCOc1c(Cl)cccc1NC(=O)c1ccccc1C[n+]1cscc1C.[Br-]. The first kappa shape index (κ1) is 33.3. The molecular formula is C32H44BrClN2O2S. The van der Waals surface area contributed by atoms with Crippen molar-refractivity contribution in [1.29, 1.82) is 0 Å². The van der Waals surface area contributed by atoms with Gasteiger partial charge in [0.1, 0.15) is 0 Å². The molecule has 0 aliphatic rings. The number of rotatable bonds is 18. The Morgan fingerprint density at radius 3 is 2.18 bits per heavy atom. The predicted octanol–water partition coefficient (Wildman–Crippen LogP) is 6.38. The summed E-state index contributed by atoms with van der Waals surface area (Å²) in [6, 6.07) is 13.2. The van der Waals surface area contributed by atoms with Gasteiger partial charge in [-0.15, -0.1) is 0 Å². The highest BCUT2D eigenvalue weighted by Gasteiger charge is 2.18. The van der Waals surface area contributed by atoms with Crippen LogP contribution in [0.25, 0.3) is 0 Å². The molecule has 3 aromatic rings. The maximum Gasteiger partial charge on any atom is 0.256 e. The largest absolute Gasteiger partial charge is 1.00 e. The lowest BCUT2D eigenvalue weighted by Gasteiger charge is -2.15. The number of halogens is 2. The van der Waals surface area contributed by atoms with Crippen molar-refractivity contribution in [2.75, 3.05) is 11.9 Å². The highest BCUT2D eigenvalue weighted by molar-refractivity contribution is 7.07. The van der Waals surface area contributed by atoms with Crippen molar-refractivity contribution >= 4 is 34.5 Å². The Kier molecular flexibility index (Phi) is 16.4. The van der Waals surface area contributed by atoms with Crippen LogP contribution in [0.4, 0.5) is 5.69 Å². The highest BCUT2D eigenvalue weighted by Crippen LogP contribution is 2.33. The number of thiazole rings is 1. The van der Waals surface area contributed by atoms with E-state index < -0.39 is 0 Å². The van der Waals surface area contributed by atoms with Crippen molar-refractivity contribution < 1.29 is 31.1 Å². The number of hydrogen-bond donors (Lipinski definition) is 1. The Bertz CT molecular complexity index is 1120. The van der Waals surface area contributed by atoms with Gasteiger partial charge in [0.25, 0.3) is 5.91 Å². The number of carbonyl (C=O) groups excluding carboxylic acids is 1. The fraction of sp³-hybridized carbons (Fsp3) is 0.500. The van der Waals surface area contributed by atoms with Crippen molar-refractivity contribution in [2.45, 2.75) is 97.4 Å². The van der Waals surface area contributed by atoms with Crippen LogP contribution in [0.3, 0.4) is 0 Å². The van der Waals surface area contributed by atoms with E-state index in [0.717, 1.165) is 18.4 Å². The molecule has 0 unspecified atom stereocenters. The number of aryl methyl sites for hydroxylation is 1. The molecule has 0 spiro atoms. The third-order valence-corrected chi connectivity index (χ3v) is 8.09. The Morgan fingerprint density at radius 2 is 1.54 bits per heavy atom. The number of ether oxygens (including phenoxy) is 1. The first-order chi connectivity index (χ1) is 18.6. The summed E-state index contributed by atoms with van der Waals surface area (Å²) in [5.74, 6) is 0.387. The van der Waals surface area contributed by atoms with Gasteiger partial charge in [0.15, 0.2) is 18.0 Å². The van der Waals surface area contributed by atoms with Crippen molar-refractivity contribution in [3.05, 3.63) is 75.2 Å². The monoisotopic (exact) mass is 634 g/mol. The minimum absolute atomic E-state index is 0. The number of nitrogens with one attached hydrogen (secondary N) is 1. The lowest BCUT2D eigenvalue weighted by molar-refractivity contribution is -0.689. The number of anilines is 1. The quantitative estimate of drug-likeness (QED) is 0.130. The molecule has 214 valence electrons. The summed E-state index contributed by atoms with van der Waals surface area (Å²) < 4.78 is 8.23. The number of carbonyl (C=O) groups is 1. The summed E-state index contributed by atoms with van der Waals surface area (Å²) >= 11 is 8.13. The molecule has 0 aliphatic heterocycles. The number of amides is 1. The number of nitrogens with zero attached hydrogens (tertiary/aromatic N) is 1. The average Bonchev–Trinajstić information content (AvgIpc) is 3.32. The van der Waals surface area contributed by atoms with Crippen LogP contribution in [0, 0.1) is 6.92 Å². The number of para-hydroxylation sites is 1. The maximum atomic E-state index is 13.3. The maximum absolute atomic E-state index is 13.3. The van der Waals surface area contributed by atoms with Gasteiger partial charge in [-0.1, -0.05) is 125 Å². The van der Waals surface area contributed by atoms with Crippen molar-refractivity contribution in [1.82, 2.24) is 0 Å². The van der Waals surface area contributed by atoms with Gasteiger partial charge in [0.2, 0.25) is 5.51 Å². The van der Waals surface area contributed by atoms with Gasteiger partial charge >= 0.3 is 0 Å². The van der Waals surface area contributed by atoms with E-state index in [2.05, 4.69) is 34.6 Å². The predicted molar refractivity (Wildman–Crippen MR) is 161 cm³/mol. The van der Waals surface area contributed by atoms with Crippen LogP contribution < -0.4 is 31.6 Å². The van der Waals surface area contributed by atoms with Crippen molar-refractivity contribution in [3.63, 3.8) is 0 Å². The molecule has 0 fully saturated rings. The number of hydrogen-bond acceptors (Lipinski definition) is 3. The van der Waals surface area contributed by atoms with E-state index in [-0.39, 0.29) is 22.9 Å². The zero-order valence-corrected chi connectivity index (χ0v) is 26.7. The van der Waals surface area contributed by atoms with E-state index in [1.807, 2.05) is 36.4 Å². The zero-order chi connectivity index (χ0) is 27.0. The third-order valence-electron chi connectivity index (χ3n) is 6.94. The summed E-state index contributed by atoms with van der Waals surface area (Å²) in [6.07, 6.45) is 15.6. The minimum Gasteiger partial charge on any atom is -1.00 e. The van der Waals surface area contributed by atoms with Crippen LogP contribution in [0.15, 0.2) is 53.4 Å². The van der Waals surface area contributed by atoms with Crippen molar-refractivity contribution in [3.8, 4) is 5.75 Å². The number of benzene rings is 2. The zero-order valence-electron chi connectivity index (χ0n) is 23.5. The van der Waals surface area contributed by atoms with E-state index in [1.165, 1.54) is 69.9 Å². The van der Waals surface area contributed by atoms with Crippen molar-refractivity contribution in [2.24, 2.45) is 0 Å². The second-order valence-electron chi connectivity index (χ2n) is 10.1. The number of unbranched alkanes of at least 4 members (excludes halogenated alkanes) is 11. The molecule has 3 rings (SSSR count). The van der Waals surface area contributed by atoms with E-state index >= 15 is 0 Å². The molecule has 0 atom stereocenters. The Morgan fingerprint density at radius 1 is 0.897 bits per heavy atom. The molecule has 1 amide bonds. The van der Waals surface area contributed by atoms with E-state index in [1.54, 1.807) is 17.4 Å². The molecule has 0 saturated heterocycles. The summed E-state index contributed by atoms with van der Waals surface area (Å²) in [5.41, 5.74) is 5.47. The third kappa shape index (κ3) is 11.6. The second kappa shape index (κ2) is 19.2. The lowest BCUT2D eigenvalue weighted by Crippen LogP contribution is -3.00. The Balaban J connectivity index is 0.00000533. The fourth-order valence-corrected chi connectivity index (χ4v) is 5.65. The fourth-order valence-electron chi connectivity index (χ4n) is 4.64. The summed E-state index contributed by atoms with van der Waals surface area (Å²) in [6.45, 7) is 5.58. The number of aromatic nitrogens is 1. The standard InChI is InChI=1S/C32H43ClN2O2S.BrH/c1-3-4-5-6-7-8-9-10-11-12-13-16-22-37-31-29(33)20-17-21-30(31)34-32(36)28-19-15-14-18-27(28)23-35-25-38-24-26(35)2;/h14-15,17-21,24-25H,3-13,16,22-23H2,1-2H3;1H.